The summed E-state index contributed by atoms with van der Waals surface area (Å²) >= 11 is 0. The Bertz CT molecular complexity index is 2570. The van der Waals surface area contributed by atoms with Crippen LogP contribution in [0, 0.1) is 34.1 Å². The number of rotatable bonds is 4. The van der Waals surface area contributed by atoms with Gasteiger partial charge in [0.1, 0.15) is 23.3 Å². The van der Waals surface area contributed by atoms with Crippen LogP contribution in [0.15, 0.2) is 97.1 Å². The predicted molar refractivity (Wildman–Crippen MR) is 215 cm³/mol. The van der Waals surface area contributed by atoms with E-state index in [1.165, 1.54) is 24.3 Å². The second kappa shape index (κ2) is 11.8. The minimum atomic E-state index is -2.12. The van der Waals surface area contributed by atoms with Crippen LogP contribution in [0.5, 0.6) is 0 Å². The van der Waals surface area contributed by atoms with Crippen LogP contribution in [0.4, 0.5) is 45.1 Å². The molecule has 0 radical (unpaired) electrons. The Labute approximate surface area is 319 Å². The van der Waals surface area contributed by atoms with Gasteiger partial charge in [0.15, 0.2) is 0 Å². The molecule has 2 amide bonds. The molecule has 268 valence electrons. The quantitative estimate of drug-likeness (QED) is 0.136. The number of hydrogen-bond acceptors (Lipinski definition) is 1. The molecule has 3 aliphatic rings. The molecule has 9 rings (SSSR count). The Kier molecular flexibility index (Phi) is 6.60. The SMILES string of the molecule is [2H]C([2H])(c1cc(F)c2c(c1)N1C(=O)N3c4cc(C([2H])([2H])C(C)(C)C)cc(F)c4B(c4ccccc4)c4c(F)cc5cc(F)c(c1c5c43)B2c1ccccc1)C(C)(C)C. The molecule has 0 N–H and O–H groups in total. The van der Waals surface area contributed by atoms with Gasteiger partial charge >= 0.3 is 6.03 Å². The van der Waals surface area contributed by atoms with Crippen molar-refractivity contribution in [3.63, 3.8) is 0 Å². The molecule has 0 atom stereocenters. The molecule has 0 bridgehead atoms. The zero-order valence-electron chi connectivity index (χ0n) is 34.7. The third-order valence-corrected chi connectivity index (χ3v) is 10.3. The van der Waals surface area contributed by atoms with Gasteiger partial charge < -0.3 is 0 Å². The van der Waals surface area contributed by atoms with Gasteiger partial charge in [-0.05, 0) is 98.3 Å². The van der Waals surface area contributed by atoms with Crippen molar-refractivity contribution in [2.75, 3.05) is 9.80 Å². The van der Waals surface area contributed by atoms with E-state index in [9.17, 15) is 0 Å². The van der Waals surface area contributed by atoms with Gasteiger partial charge in [0.25, 0.3) is 13.4 Å². The molecule has 0 unspecified atom stereocenters. The summed E-state index contributed by atoms with van der Waals surface area (Å²) in [7, 11) is 0. The van der Waals surface area contributed by atoms with Crippen molar-refractivity contribution >= 4 is 85.8 Å². The fourth-order valence-electron chi connectivity index (χ4n) is 8.65. The molecule has 0 saturated heterocycles. The highest BCUT2D eigenvalue weighted by atomic mass is 19.1. The van der Waals surface area contributed by atoms with Crippen molar-refractivity contribution in [3.05, 3.63) is 131 Å². The first kappa shape index (κ1) is 30.1. The lowest BCUT2D eigenvalue weighted by Crippen LogP contribution is -2.66. The Morgan fingerprint density at radius 3 is 1.30 bits per heavy atom. The number of hydrogen-bond donors (Lipinski definition) is 0. The summed E-state index contributed by atoms with van der Waals surface area (Å²) in [5.41, 5.74) is -1.26. The molecular formula is C45H38B2F4N2O. The van der Waals surface area contributed by atoms with E-state index < -0.39 is 66.3 Å². The Hall–Kier alpha value is -5.30. The maximum atomic E-state index is 17.1. The standard InChI is InChI=1S/C45H38B2F4N2O/c1-44(2,3)23-25-17-30(48)37-34(19-25)52-41-36-27(21-32(50)39(41)46(37)28-13-9-7-10-14-28)22-33(51)40-42(36)53(43(52)54)35-20-26(24-45(4,5)6)18-31(49)38(35)47(40)29-15-11-8-12-16-29/h7-22H,23-24H2,1-6H3/i23D2,24D2. The number of fused-ring (bicyclic) bond motifs is 4. The number of amides is 2. The Morgan fingerprint density at radius 2 is 0.926 bits per heavy atom. The molecule has 3 aliphatic heterocycles. The van der Waals surface area contributed by atoms with Crippen LogP contribution in [0.2, 0.25) is 0 Å². The topological polar surface area (TPSA) is 23.6 Å². The molecule has 0 aliphatic carbocycles. The summed E-state index contributed by atoms with van der Waals surface area (Å²) < 4.78 is 105. The molecule has 3 heterocycles. The van der Waals surface area contributed by atoms with E-state index in [4.69, 9.17) is 5.48 Å². The molecule has 9 heteroatoms. The molecule has 0 aromatic heterocycles. The van der Waals surface area contributed by atoms with Crippen LogP contribution < -0.4 is 42.6 Å². The number of urea groups is 1. The summed E-state index contributed by atoms with van der Waals surface area (Å²) in [5, 5.41) is 0.365. The van der Waals surface area contributed by atoms with E-state index in [1.807, 2.05) is 0 Å². The molecule has 0 spiro atoms. The fraction of sp³-hybridized carbons (Fsp3) is 0.222. The average Bonchev–Trinajstić information content (AvgIpc) is 3.15. The minimum absolute atomic E-state index is 0.0236. The lowest BCUT2D eigenvalue weighted by molar-refractivity contribution is 0.255. The number of carbonyl (C=O) groups is 1. The van der Waals surface area contributed by atoms with Crippen molar-refractivity contribution in [2.24, 2.45) is 10.8 Å². The first-order valence-electron chi connectivity index (χ1n) is 20.1. The van der Waals surface area contributed by atoms with Gasteiger partial charge in [-0.15, -0.1) is 0 Å². The highest BCUT2D eigenvalue weighted by Crippen LogP contribution is 2.49. The van der Waals surface area contributed by atoms with E-state index in [2.05, 4.69) is 0 Å². The van der Waals surface area contributed by atoms with Crippen LogP contribution in [-0.2, 0) is 12.7 Å². The molecule has 54 heavy (non-hydrogen) atoms. The van der Waals surface area contributed by atoms with Gasteiger partial charge in [-0.3, -0.25) is 9.80 Å². The highest BCUT2D eigenvalue weighted by molar-refractivity contribution is 7.00. The van der Waals surface area contributed by atoms with Crippen molar-refractivity contribution in [2.45, 2.75) is 54.3 Å². The van der Waals surface area contributed by atoms with Crippen LogP contribution in [0.25, 0.3) is 10.8 Å². The second-order valence-corrected chi connectivity index (χ2v) is 16.5. The lowest BCUT2D eigenvalue weighted by atomic mass is 9.33. The number of halogens is 4. The van der Waals surface area contributed by atoms with Gasteiger partial charge in [0.2, 0.25) is 0 Å². The molecule has 6 aromatic rings. The zero-order chi connectivity index (χ0) is 41.6. The zero-order valence-corrected chi connectivity index (χ0v) is 30.7. The number of nitrogens with zero attached hydrogens (tertiary/aromatic N) is 2. The van der Waals surface area contributed by atoms with Gasteiger partial charge in [-0.2, -0.15) is 0 Å². The fourth-order valence-corrected chi connectivity index (χ4v) is 8.65. The van der Waals surface area contributed by atoms with Crippen LogP contribution in [0.1, 0.15) is 58.2 Å². The maximum absolute atomic E-state index is 17.1. The summed E-state index contributed by atoms with van der Waals surface area (Å²) in [6.45, 7) is 7.87. The molecule has 3 nitrogen and oxygen atoms in total. The summed E-state index contributed by atoms with van der Waals surface area (Å²) in [6.07, 6.45) is -4.24. The van der Waals surface area contributed by atoms with Gasteiger partial charge in [0, 0.05) is 22.2 Å². The van der Waals surface area contributed by atoms with Crippen molar-refractivity contribution < 1.29 is 27.8 Å². The van der Waals surface area contributed by atoms with Crippen molar-refractivity contribution in [1.29, 1.82) is 0 Å². The first-order chi connectivity index (χ1) is 27.2. The van der Waals surface area contributed by atoms with E-state index in [0.717, 1.165) is 21.9 Å². The third-order valence-electron chi connectivity index (χ3n) is 10.3. The Morgan fingerprint density at radius 1 is 0.556 bits per heavy atom. The van der Waals surface area contributed by atoms with E-state index in [0.29, 0.717) is 10.9 Å². The monoisotopic (exact) mass is 724 g/mol. The number of benzene rings is 6. The molecule has 0 fully saturated rings. The minimum Gasteiger partial charge on any atom is -0.262 e. The van der Waals surface area contributed by atoms with Crippen molar-refractivity contribution in [3.8, 4) is 0 Å². The molecule has 0 saturated carbocycles. The second-order valence-electron chi connectivity index (χ2n) is 16.5. The first-order valence-corrected chi connectivity index (χ1v) is 18.1. The maximum Gasteiger partial charge on any atom is 0.338 e. The highest BCUT2D eigenvalue weighted by Gasteiger charge is 2.51. The lowest BCUT2D eigenvalue weighted by Gasteiger charge is -2.46. The molecule has 6 aromatic carbocycles. The van der Waals surface area contributed by atoms with E-state index in [1.54, 1.807) is 102 Å². The number of anilines is 4. The van der Waals surface area contributed by atoms with Crippen LogP contribution >= 0.6 is 0 Å². The number of carbonyl (C=O) groups excluding carboxylic acids is 1. The van der Waals surface area contributed by atoms with Gasteiger partial charge in [0.05, 0.1) is 11.4 Å². The van der Waals surface area contributed by atoms with Gasteiger partial charge in [-0.1, -0.05) is 113 Å². The summed E-state index contributed by atoms with van der Waals surface area (Å²) in [5.74, 6) is -3.31. The van der Waals surface area contributed by atoms with Crippen LogP contribution in [0.3, 0.4) is 0 Å². The van der Waals surface area contributed by atoms with E-state index in [-0.39, 0.29) is 66.5 Å². The Balaban J connectivity index is 1.47. The smallest absolute Gasteiger partial charge is 0.262 e. The van der Waals surface area contributed by atoms with Crippen molar-refractivity contribution in [1.82, 2.24) is 0 Å². The molecular weight excluding hydrogens is 682 g/mol. The summed E-state index contributed by atoms with van der Waals surface area (Å²) in [4.78, 5) is 18.0. The predicted octanol–water partition coefficient (Wildman–Crippen LogP) is 7.64. The van der Waals surface area contributed by atoms with E-state index >= 15 is 22.4 Å². The normalized spacial score (nSPS) is 16.1. The summed E-state index contributed by atoms with van der Waals surface area (Å²) in [6, 6.07) is 23.9. The average molecular weight is 724 g/mol. The third kappa shape index (κ3) is 5.22. The largest absolute Gasteiger partial charge is 0.338 e. The van der Waals surface area contributed by atoms with Crippen LogP contribution in [-0.4, -0.2) is 19.5 Å². The van der Waals surface area contributed by atoms with Gasteiger partial charge in [-0.25, -0.2) is 22.4 Å².